The quantitative estimate of drug-likeness (QED) is 0.0589. The second-order valence-corrected chi connectivity index (χ2v) is 23.0. The van der Waals surface area contributed by atoms with Gasteiger partial charge in [0.2, 0.25) is 17.4 Å². The first kappa shape index (κ1) is 57.2. The number of aromatic nitrogens is 2. The molecule has 0 N–H and O–H groups in total. The van der Waals surface area contributed by atoms with E-state index >= 15 is 0 Å². The summed E-state index contributed by atoms with van der Waals surface area (Å²) < 4.78 is 49.2. The van der Waals surface area contributed by atoms with Gasteiger partial charge in [0.05, 0.1) is 35.0 Å². The molecule has 0 bridgehead atoms. The van der Waals surface area contributed by atoms with Gasteiger partial charge in [-0.05, 0) is 105 Å². The Bertz CT molecular complexity index is 3270. The van der Waals surface area contributed by atoms with Gasteiger partial charge in [-0.15, -0.1) is 0 Å². The summed E-state index contributed by atoms with van der Waals surface area (Å²) in [5.41, 5.74) is 3.00. The second-order valence-electron chi connectivity index (χ2n) is 22.2. The molecule has 2 aromatic heterocycles. The molecule has 4 aromatic carbocycles. The summed E-state index contributed by atoms with van der Waals surface area (Å²) in [7, 11) is 2.17. The number of pyridine rings is 2. The molecular weight excluding hydrogens is 1090 g/mol. The van der Waals surface area contributed by atoms with Gasteiger partial charge in [0.15, 0.2) is 23.0 Å². The lowest BCUT2D eigenvalue weighted by molar-refractivity contribution is -0.130. The van der Waals surface area contributed by atoms with Crippen LogP contribution in [0.5, 0.6) is 57.5 Å². The third kappa shape index (κ3) is 14.8. The first-order valence-electron chi connectivity index (χ1n) is 29.0. The lowest BCUT2D eigenvalue weighted by Gasteiger charge is -2.34. The van der Waals surface area contributed by atoms with Crippen LogP contribution < -0.4 is 37.9 Å². The SMILES string of the molecule is CC(=O)N1CCN(CCCOc2cc3nccc(Oc4ccc(CC(=O)CC5CC5)c(Cl)c4)c3c3c2OCCO3)CC1.CN1CCN(CCCOc2cc3nccc(Oc4ccc(CC(=O)CC5CC5)c(Cl)c4)c3c3c2OCCO3)CC1. The molecular formula is C63H72Cl2N6O11. The zero-order valence-corrected chi connectivity index (χ0v) is 48.4. The van der Waals surface area contributed by atoms with Gasteiger partial charge in [0, 0.05) is 133 Å². The zero-order chi connectivity index (χ0) is 56.5. The third-order valence-electron chi connectivity index (χ3n) is 15.8. The van der Waals surface area contributed by atoms with Gasteiger partial charge in [-0.3, -0.25) is 29.3 Å². The fourth-order valence-corrected chi connectivity index (χ4v) is 11.3. The number of Topliss-reactive ketones (excluding diaryl/α,β-unsaturated/α-hetero) is 2. The van der Waals surface area contributed by atoms with Crippen molar-refractivity contribution in [2.24, 2.45) is 11.8 Å². The van der Waals surface area contributed by atoms with Crippen molar-refractivity contribution in [3.05, 3.63) is 94.2 Å². The normalized spacial score (nSPS) is 17.2. The molecule has 6 aromatic rings. The van der Waals surface area contributed by atoms with Crippen molar-refractivity contribution < 1.29 is 52.3 Å². The van der Waals surface area contributed by atoms with Gasteiger partial charge in [-0.25, -0.2) is 0 Å². The molecule has 17 nitrogen and oxygen atoms in total. The Labute approximate surface area is 488 Å². The number of carbonyl (C=O) groups is 3. The lowest BCUT2D eigenvalue weighted by Crippen LogP contribution is -2.48. The number of benzene rings is 4. The number of fused-ring (bicyclic) bond motifs is 6. The highest BCUT2D eigenvalue weighted by Crippen LogP contribution is 2.50. The molecule has 2 saturated carbocycles. The summed E-state index contributed by atoms with van der Waals surface area (Å²) in [5.74, 6) is 7.48. The predicted molar refractivity (Wildman–Crippen MR) is 313 cm³/mol. The van der Waals surface area contributed by atoms with Crippen LogP contribution >= 0.6 is 23.2 Å². The highest BCUT2D eigenvalue weighted by atomic mass is 35.5. The van der Waals surface area contributed by atoms with Crippen LogP contribution in [0.1, 0.15) is 69.4 Å². The topological polar surface area (TPSA) is 164 Å². The first-order valence-corrected chi connectivity index (χ1v) is 29.8. The van der Waals surface area contributed by atoms with Crippen LogP contribution in [0.25, 0.3) is 21.8 Å². The maximum absolute atomic E-state index is 12.3. The predicted octanol–water partition coefficient (Wildman–Crippen LogP) is 10.7. The molecule has 82 heavy (non-hydrogen) atoms. The maximum Gasteiger partial charge on any atom is 0.219 e. The van der Waals surface area contributed by atoms with Crippen LogP contribution in [0, 0.1) is 11.8 Å². The number of amides is 1. The van der Waals surface area contributed by atoms with Gasteiger partial charge >= 0.3 is 0 Å². The molecule has 2 aliphatic carbocycles. The van der Waals surface area contributed by atoms with Gasteiger partial charge in [-0.2, -0.15) is 0 Å². The van der Waals surface area contributed by atoms with E-state index in [1.54, 1.807) is 43.6 Å². The van der Waals surface area contributed by atoms with Crippen LogP contribution in [-0.4, -0.2) is 159 Å². The molecule has 19 heteroatoms. The molecule has 2 saturated heterocycles. The molecule has 4 fully saturated rings. The van der Waals surface area contributed by atoms with Crippen molar-refractivity contribution in [3.8, 4) is 57.5 Å². The van der Waals surface area contributed by atoms with Crippen molar-refractivity contribution in [1.29, 1.82) is 0 Å². The van der Waals surface area contributed by atoms with E-state index in [9.17, 15) is 14.4 Å². The molecule has 12 rings (SSSR count). The summed E-state index contributed by atoms with van der Waals surface area (Å²) in [4.78, 5) is 54.5. The van der Waals surface area contributed by atoms with Crippen molar-refractivity contribution in [2.75, 3.05) is 112 Å². The van der Waals surface area contributed by atoms with E-state index < -0.39 is 0 Å². The van der Waals surface area contributed by atoms with Crippen molar-refractivity contribution in [2.45, 2.75) is 71.1 Å². The number of carbonyl (C=O) groups excluding carboxylic acids is 3. The van der Waals surface area contributed by atoms with Crippen LogP contribution in [0.15, 0.2) is 73.1 Å². The Kier molecular flexibility index (Phi) is 18.6. The number of piperazine rings is 2. The molecule has 4 aliphatic heterocycles. The Morgan fingerprint density at radius 1 is 0.549 bits per heavy atom. The van der Waals surface area contributed by atoms with E-state index in [0.29, 0.717) is 161 Å². The number of halogens is 2. The number of likely N-dealkylation sites (N-methyl/N-ethyl adjacent to an activating group) is 1. The Morgan fingerprint density at radius 3 is 1.39 bits per heavy atom. The van der Waals surface area contributed by atoms with E-state index in [1.807, 2.05) is 41.3 Å². The Morgan fingerprint density at radius 2 is 0.976 bits per heavy atom. The molecule has 0 unspecified atom stereocenters. The van der Waals surface area contributed by atoms with Crippen LogP contribution in [-0.2, 0) is 27.2 Å². The number of ketones is 2. The monoisotopic (exact) mass is 1160 g/mol. The van der Waals surface area contributed by atoms with Gasteiger partial charge in [-0.1, -0.05) is 35.3 Å². The molecule has 6 heterocycles. The van der Waals surface area contributed by atoms with E-state index in [1.165, 1.54) is 0 Å². The molecule has 1 amide bonds. The van der Waals surface area contributed by atoms with Crippen LogP contribution in [0.3, 0.4) is 0 Å². The van der Waals surface area contributed by atoms with Crippen molar-refractivity contribution >= 4 is 62.5 Å². The summed E-state index contributed by atoms with van der Waals surface area (Å²) in [6, 6.07) is 18.3. The fourth-order valence-electron chi connectivity index (χ4n) is 10.8. The van der Waals surface area contributed by atoms with Gasteiger partial charge in [0.1, 0.15) is 61.0 Å². The number of rotatable bonds is 22. The van der Waals surface area contributed by atoms with Crippen molar-refractivity contribution in [3.63, 3.8) is 0 Å². The highest BCUT2D eigenvalue weighted by Gasteiger charge is 2.29. The maximum atomic E-state index is 12.3. The average molecular weight is 1160 g/mol. The molecule has 0 spiro atoms. The van der Waals surface area contributed by atoms with E-state index in [4.69, 9.17) is 61.1 Å². The molecule has 0 radical (unpaired) electrons. The Balaban J connectivity index is 0.000000172. The summed E-state index contributed by atoms with van der Waals surface area (Å²) in [5, 5.41) is 2.45. The number of nitrogens with zero attached hydrogens (tertiary/aromatic N) is 6. The summed E-state index contributed by atoms with van der Waals surface area (Å²) >= 11 is 13.1. The zero-order valence-electron chi connectivity index (χ0n) is 46.9. The smallest absolute Gasteiger partial charge is 0.219 e. The van der Waals surface area contributed by atoms with Gasteiger partial charge < -0.3 is 52.6 Å². The molecule has 0 atom stereocenters. The standard InChI is InChI=1S/C32H36ClN3O6.C31H36ClN3O5/c1-21(37)36-12-10-35(11-13-36)9-2-14-39-29-20-27-30(32-31(29)40-15-16-41-32)28(7-8-34-27)42-25-6-5-23(26(33)19-25)18-24(38)17-22-3-4-22;1-34-10-12-35(13-11-34)9-2-14-37-28-20-26-29(31-30(28)38-15-16-39-31)27(7-8-33-26)40-24-6-5-22(25(32)19-24)18-23(36)17-21-3-4-21/h5-8,19-20,22H,2-4,9-18H2,1H3;5-8,19-21H,2-4,9-18H2,1H3. The fraction of sp³-hybridized carbons (Fsp3) is 0.476. The van der Waals surface area contributed by atoms with E-state index in [0.717, 1.165) is 120 Å². The third-order valence-corrected chi connectivity index (χ3v) is 16.5. The highest BCUT2D eigenvalue weighted by molar-refractivity contribution is 6.32. The summed E-state index contributed by atoms with van der Waals surface area (Å²) in [6.45, 7) is 14.0. The van der Waals surface area contributed by atoms with Crippen molar-refractivity contribution in [1.82, 2.24) is 29.6 Å². The minimum atomic E-state index is 0.136. The van der Waals surface area contributed by atoms with Gasteiger partial charge in [0.25, 0.3) is 0 Å². The number of hydrogen-bond donors (Lipinski definition) is 0. The summed E-state index contributed by atoms with van der Waals surface area (Å²) in [6.07, 6.45) is 11.8. The van der Waals surface area contributed by atoms with Crippen LogP contribution in [0.2, 0.25) is 10.0 Å². The number of hydrogen-bond acceptors (Lipinski definition) is 16. The molecule has 6 aliphatic rings. The minimum Gasteiger partial charge on any atom is -0.489 e. The second kappa shape index (κ2) is 26.7. The van der Waals surface area contributed by atoms with E-state index in [-0.39, 0.29) is 17.5 Å². The van der Waals surface area contributed by atoms with E-state index in [2.05, 4.69) is 31.7 Å². The Hall–Kier alpha value is -6.63. The minimum absolute atomic E-state index is 0.136. The average Bonchev–Trinajstić information content (AvgIpc) is 4.57. The molecule has 434 valence electrons. The first-order chi connectivity index (χ1) is 40.0. The number of ether oxygens (including phenoxy) is 8. The van der Waals surface area contributed by atoms with Crippen LogP contribution in [0.4, 0.5) is 0 Å². The largest absolute Gasteiger partial charge is 0.489 e. The lowest BCUT2D eigenvalue weighted by atomic mass is 10.0.